The number of aryl methyl sites for hydroxylation is 3. The van der Waals surface area contributed by atoms with Crippen LogP contribution in [0.5, 0.6) is 0 Å². The van der Waals surface area contributed by atoms with Gasteiger partial charge in [-0.15, -0.1) is 0 Å². The summed E-state index contributed by atoms with van der Waals surface area (Å²) in [5.74, 6) is 0. The third-order valence-corrected chi connectivity index (χ3v) is 10.5. The van der Waals surface area contributed by atoms with Gasteiger partial charge in [-0.1, -0.05) is 87.3 Å². The van der Waals surface area contributed by atoms with Gasteiger partial charge in [0.2, 0.25) is 0 Å². The summed E-state index contributed by atoms with van der Waals surface area (Å²) in [6.07, 6.45) is 0. The predicted molar refractivity (Wildman–Crippen MR) is 139 cm³/mol. The largest absolute Gasteiger partial charge is 0.0792 e. The first-order valence-electron chi connectivity index (χ1n) is 10.8. The van der Waals surface area contributed by atoms with Gasteiger partial charge in [-0.25, -0.2) is 0 Å². The molecule has 0 aliphatic heterocycles. The maximum Gasteiger partial charge on any atom is 0.0792 e. The van der Waals surface area contributed by atoms with Crippen LogP contribution in [0, 0.1) is 20.8 Å². The number of hydrogen-bond donors (Lipinski definition) is 0. The van der Waals surface area contributed by atoms with E-state index in [0.717, 1.165) is 0 Å². The minimum atomic E-state index is -1.59. The molecule has 0 nitrogen and oxygen atoms in total. The fourth-order valence-electron chi connectivity index (χ4n) is 5.32. The van der Waals surface area contributed by atoms with Crippen molar-refractivity contribution in [3.63, 3.8) is 0 Å². The molecule has 4 rings (SSSR count). The number of benzene rings is 4. The number of hydrogen-bond acceptors (Lipinski definition) is 0. The monoisotopic (exact) mass is 414 g/mol. The Labute approximate surface area is 178 Å². The predicted octanol–water partition coefficient (Wildman–Crippen LogP) is 7.16. The van der Waals surface area contributed by atoms with E-state index in [0.29, 0.717) is 0 Å². The molecule has 0 saturated heterocycles. The molecule has 0 unspecified atom stereocenters. The van der Waals surface area contributed by atoms with Gasteiger partial charge in [0.15, 0.2) is 0 Å². The fourth-order valence-corrected chi connectivity index (χ4v) is 9.48. The highest BCUT2D eigenvalue weighted by molar-refractivity contribution is 6.95. The van der Waals surface area contributed by atoms with Crippen molar-refractivity contribution in [1.82, 2.24) is 0 Å². The van der Waals surface area contributed by atoms with Crippen molar-refractivity contribution in [3.8, 4) is 0 Å². The van der Waals surface area contributed by atoms with Crippen LogP contribution in [0.2, 0.25) is 39.3 Å². The van der Waals surface area contributed by atoms with E-state index >= 15 is 0 Å². The standard InChI is InChI=1S/C27H34Si2/c1-17-14-15-22-23(16-17)27(29(7,8)9)25-19(3)21-13-11-10-12-20(21)18(2)24(25)26(22)28(4,5)6/h10-16H,1-9H3. The summed E-state index contributed by atoms with van der Waals surface area (Å²) >= 11 is 0. The van der Waals surface area contributed by atoms with E-state index in [1.54, 1.807) is 21.1 Å². The summed E-state index contributed by atoms with van der Waals surface area (Å²) in [5.41, 5.74) is 4.31. The van der Waals surface area contributed by atoms with Gasteiger partial charge in [0.1, 0.15) is 0 Å². The molecule has 0 aliphatic carbocycles. The van der Waals surface area contributed by atoms with Crippen LogP contribution < -0.4 is 10.4 Å². The minimum Gasteiger partial charge on any atom is -0.0656 e. The molecule has 0 atom stereocenters. The lowest BCUT2D eigenvalue weighted by Gasteiger charge is -2.31. The van der Waals surface area contributed by atoms with Gasteiger partial charge in [0, 0.05) is 0 Å². The summed E-state index contributed by atoms with van der Waals surface area (Å²) < 4.78 is 0. The van der Waals surface area contributed by atoms with E-state index in [4.69, 9.17) is 0 Å². The van der Waals surface area contributed by atoms with Crippen molar-refractivity contribution in [1.29, 1.82) is 0 Å². The lowest BCUT2D eigenvalue weighted by molar-refractivity contribution is 1.50. The molecule has 0 N–H and O–H groups in total. The summed E-state index contributed by atoms with van der Waals surface area (Å²) in [4.78, 5) is 0. The first-order valence-corrected chi connectivity index (χ1v) is 17.8. The second kappa shape index (κ2) is 6.55. The highest BCUT2D eigenvalue weighted by Gasteiger charge is 2.31. The average molecular weight is 415 g/mol. The van der Waals surface area contributed by atoms with E-state index in [9.17, 15) is 0 Å². The van der Waals surface area contributed by atoms with Gasteiger partial charge in [0.05, 0.1) is 16.1 Å². The Bertz CT molecular complexity index is 1280. The van der Waals surface area contributed by atoms with E-state index in [2.05, 4.69) is 103 Å². The second-order valence-corrected chi connectivity index (χ2v) is 20.8. The molecule has 0 bridgehead atoms. The molecule has 4 aromatic carbocycles. The molecule has 150 valence electrons. The quantitative estimate of drug-likeness (QED) is 0.241. The Morgan fingerprint density at radius 2 is 0.966 bits per heavy atom. The molecule has 0 aliphatic rings. The summed E-state index contributed by atoms with van der Waals surface area (Å²) in [6, 6.07) is 16.2. The Hall–Kier alpha value is -1.91. The molecule has 0 radical (unpaired) electrons. The molecule has 0 aromatic heterocycles. The van der Waals surface area contributed by atoms with E-state index in [1.807, 2.05) is 0 Å². The van der Waals surface area contributed by atoms with E-state index in [1.165, 1.54) is 38.2 Å². The smallest absolute Gasteiger partial charge is 0.0656 e. The minimum absolute atomic E-state index is 1.37. The third-order valence-electron chi connectivity index (χ3n) is 6.45. The van der Waals surface area contributed by atoms with Crippen molar-refractivity contribution < 1.29 is 0 Å². The van der Waals surface area contributed by atoms with Crippen molar-refractivity contribution in [2.24, 2.45) is 0 Å². The zero-order valence-corrected chi connectivity index (χ0v) is 21.5. The molecule has 0 amide bonds. The van der Waals surface area contributed by atoms with E-state index < -0.39 is 16.1 Å². The highest BCUT2D eigenvalue weighted by Crippen LogP contribution is 2.35. The van der Waals surface area contributed by atoms with E-state index in [-0.39, 0.29) is 0 Å². The second-order valence-electron chi connectivity index (χ2n) is 10.8. The molecular formula is C27H34Si2. The zero-order chi connectivity index (χ0) is 21.3. The van der Waals surface area contributed by atoms with Gasteiger partial charge in [-0.3, -0.25) is 0 Å². The maximum atomic E-state index is 2.52. The third kappa shape index (κ3) is 3.08. The molecule has 0 heterocycles. The van der Waals surface area contributed by atoms with Crippen LogP contribution in [0.4, 0.5) is 0 Å². The lowest BCUT2D eigenvalue weighted by Crippen LogP contribution is -2.45. The van der Waals surface area contributed by atoms with Crippen molar-refractivity contribution in [3.05, 3.63) is 59.2 Å². The van der Waals surface area contributed by atoms with Gasteiger partial charge >= 0.3 is 0 Å². The van der Waals surface area contributed by atoms with Gasteiger partial charge in [-0.2, -0.15) is 0 Å². The molecule has 0 spiro atoms. The van der Waals surface area contributed by atoms with Crippen LogP contribution in [0.15, 0.2) is 42.5 Å². The Morgan fingerprint density at radius 3 is 1.41 bits per heavy atom. The number of fused-ring (bicyclic) bond motifs is 3. The molecule has 0 saturated carbocycles. The first kappa shape index (κ1) is 20.4. The SMILES string of the molecule is Cc1ccc2c([Si](C)(C)C)c3c(C)c4ccccc4c(C)c3c([Si](C)(C)C)c2c1. The van der Waals surface area contributed by atoms with Crippen LogP contribution in [0.3, 0.4) is 0 Å². The Kier molecular flexibility index (Phi) is 4.60. The first-order chi connectivity index (χ1) is 13.4. The zero-order valence-electron chi connectivity index (χ0n) is 19.5. The van der Waals surface area contributed by atoms with Crippen molar-refractivity contribution >= 4 is 58.8 Å². The van der Waals surface area contributed by atoms with Gasteiger partial charge in [0.25, 0.3) is 0 Å². The van der Waals surface area contributed by atoms with Crippen molar-refractivity contribution in [2.45, 2.75) is 60.1 Å². The summed E-state index contributed by atoms with van der Waals surface area (Å²) in [5, 5.41) is 12.3. The summed E-state index contributed by atoms with van der Waals surface area (Å²) in [6.45, 7) is 22.1. The number of rotatable bonds is 2. The molecule has 0 fully saturated rings. The van der Waals surface area contributed by atoms with Crippen LogP contribution >= 0.6 is 0 Å². The highest BCUT2D eigenvalue weighted by atomic mass is 28.3. The molecule has 2 heteroatoms. The fraction of sp³-hybridized carbons (Fsp3) is 0.333. The van der Waals surface area contributed by atoms with Crippen LogP contribution in [-0.4, -0.2) is 16.1 Å². The maximum absolute atomic E-state index is 2.52. The Balaban J connectivity index is 2.49. The molecule has 4 aromatic rings. The molecule has 29 heavy (non-hydrogen) atoms. The van der Waals surface area contributed by atoms with Crippen molar-refractivity contribution in [2.75, 3.05) is 0 Å². The molecular weight excluding hydrogens is 380 g/mol. The van der Waals surface area contributed by atoms with Crippen LogP contribution in [0.1, 0.15) is 16.7 Å². The van der Waals surface area contributed by atoms with Gasteiger partial charge in [-0.05, 0) is 74.6 Å². The topological polar surface area (TPSA) is 0 Å². The van der Waals surface area contributed by atoms with Crippen LogP contribution in [-0.2, 0) is 0 Å². The lowest BCUT2D eigenvalue weighted by atomic mass is 9.90. The van der Waals surface area contributed by atoms with Crippen LogP contribution in [0.25, 0.3) is 32.3 Å². The van der Waals surface area contributed by atoms with Gasteiger partial charge < -0.3 is 0 Å². The normalized spacial score (nSPS) is 13.0. The summed E-state index contributed by atoms with van der Waals surface area (Å²) in [7, 11) is -3.18. The average Bonchev–Trinajstić information content (AvgIpc) is 2.62. The Morgan fingerprint density at radius 1 is 0.517 bits per heavy atom.